The van der Waals surface area contributed by atoms with Crippen LogP contribution >= 0.6 is 12.4 Å². The van der Waals surface area contributed by atoms with Crippen molar-refractivity contribution < 1.29 is 4.79 Å². The van der Waals surface area contributed by atoms with Crippen LogP contribution in [0.25, 0.3) is 0 Å². The van der Waals surface area contributed by atoms with Crippen molar-refractivity contribution in [2.45, 2.75) is 51.0 Å². The molecule has 0 spiro atoms. The van der Waals surface area contributed by atoms with Gasteiger partial charge in [0.25, 0.3) is 0 Å². The van der Waals surface area contributed by atoms with Crippen molar-refractivity contribution in [3.8, 4) is 0 Å². The number of hydrogen-bond acceptors (Lipinski definition) is 2. The quantitative estimate of drug-likeness (QED) is 0.798. The van der Waals surface area contributed by atoms with Crippen LogP contribution < -0.4 is 10.6 Å². The monoisotopic (exact) mass is 246 g/mol. The minimum Gasteiger partial charge on any atom is -0.353 e. The van der Waals surface area contributed by atoms with Crippen molar-refractivity contribution in [3.05, 3.63) is 0 Å². The second kappa shape index (κ2) is 7.13. The SMILES string of the molecule is Cl.O=C(CC1CCNCC1)NC1CCCC1. The molecule has 0 radical (unpaired) electrons. The number of carbonyl (C=O) groups excluding carboxylic acids is 1. The Morgan fingerprint density at radius 2 is 1.75 bits per heavy atom. The first-order valence-electron chi connectivity index (χ1n) is 6.34. The summed E-state index contributed by atoms with van der Waals surface area (Å²) < 4.78 is 0. The Morgan fingerprint density at radius 3 is 2.38 bits per heavy atom. The highest BCUT2D eigenvalue weighted by atomic mass is 35.5. The number of carbonyl (C=O) groups is 1. The van der Waals surface area contributed by atoms with E-state index in [-0.39, 0.29) is 18.3 Å². The molecule has 1 amide bonds. The average Bonchev–Trinajstić information content (AvgIpc) is 2.71. The number of piperidine rings is 1. The Hall–Kier alpha value is -0.280. The Kier molecular flexibility index (Phi) is 6.14. The van der Waals surface area contributed by atoms with Gasteiger partial charge in [0, 0.05) is 12.5 Å². The van der Waals surface area contributed by atoms with Crippen LogP contribution in [0.2, 0.25) is 0 Å². The van der Waals surface area contributed by atoms with Gasteiger partial charge in [0.1, 0.15) is 0 Å². The highest BCUT2D eigenvalue weighted by Gasteiger charge is 2.20. The van der Waals surface area contributed by atoms with Crippen molar-refractivity contribution >= 4 is 18.3 Å². The summed E-state index contributed by atoms with van der Waals surface area (Å²) >= 11 is 0. The van der Waals surface area contributed by atoms with E-state index in [1.807, 2.05) is 0 Å². The second-order valence-corrected chi connectivity index (χ2v) is 4.95. The topological polar surface area (TPSA) is 41.1 Å². The van der Waals surface area contributed by atoms with Gasteiger partial charge < -0.3 is 10.6 Å². The zero-order valence-corrected chi connectivity index (χ0v) is 10.7. The van der Waals surface area contributed by atoms with Gasteiger partial charge in [0.15, 0.2) is 0 Å². The van der Waals surface area contributed by atoms with Crippen molar-refractivity contribution in [1.29, 1.82) is 0 Å². The average molecular weight is 247 g/mol. The van der Waals surface area contributed by atoms with Gasteiger partial charge in [0.05, 0.1) is 0 Å². The Balaban J connectivity index is 0.00000128. The van der Waals surface area contributed by atoms with Crippen LogP contribution in [0.3, 0.4) is 0 Å². The predicted octanol–water partition coefficient (Wildman–Crippen LogP) is 1.86. The summed E-state index contributed by atoms with van der Waals surface area (Å²) in [6.07, 6.45) is 8.04. The molecule has 0 atom stereocenters. The second-order valence-electron chi connectivity index (χ2n) is 4.95. The van der Waals surface area contributed by atoms with Gasteiger partial charge in [-0.05, 0) is 44.7 Å². The largest absolute Gasteiger partial charge is 0.353 e. The molecule has 0 aromatic heterocycles. The first-order valence-corrected chi connectivity index (χ1v) is 6.34. The van der Waals surface area contributed by atoms with Gasteiger partial charge in [-0.15, -0.1) is 12.4 Å². The molecule has 1 heterocycles. The zero-order valence-electron chi connectivity index (χ0n) is 9.84. The zero-order chi connectivity index (χ0) is 10.5. The van der Waals surface area contributed by atoms with Gasteiger partial charge in [-0.25, -0.2) is 0 Å². The fraction of sp³-hybridized carbons (Fsp3) is 0.917. The Morgan fingerprint density at radius 1 is 1.12 bits per heavy atom. The van der Waals surface area contributed by atoms with E-state index in [0.717, 1.165) is 32.4 Å². The maximum absolute atomic E-state index is 11.7. The lowest BCUT2D eigenvalue weighted by atomic mass is 9.94. The normalized spacial score (nSPS) is 22.8. The number of nitrogens with one attached hydrogen (secondary N) is 2. The Bertz CT molecular complexity index is 211. The third-order valence-corrected chi connectivity index (χ3v) is 3.65. The Labute approximate surface area is 104 Å². The van der Waals surface area contributed by atoms with E-state index in [1.165, 1.54) is 25.7 Å². The predicted molar refractivity (Wildman–Crippen MR) is 67.9 cm³/mol. The van der Waals surface area contributed by atoms with Gasteiger partial charge in [-0.1, -0.05) is 12.8 Å². The lowest BCUT2D eigenvalue weighted by Gasteiger charge is -2.22. The molecular weight excluding hydrogens is 224 g/mol. The number of rotatable bonds is 3. The summed E-state index contributed by atoms with van der Waals surface area (Å²) in [5.41, 5.74) is 0. The molecule has 0 bridgehead atoms. The maximum atomic E-state index is 11.7. The molecule has 16 heavy (non-hydrogen) atoms. The summed E-state index contributed by atoms with van der Waals surface area (Å²) in [5.74, 6) is 0.904. The van der Waals surface area contributed by atoms with Gasteiger partial charge in [-0.3, -0.25) is 4.79 Å². The third kappa shape index (κ3) is 4.30. The molecule has 1 aliphatic heterocycles. The smallest absolute Gasteiger partial charge is 0.220 e. The van der Waals surface area contributed by atoms with E-state index in [0.29, 0.717) is 12.0 Å². The maximum Gasteiger partial charge on any atom is 0.220 e. The van der Waals surface area contributed by atoms with E-state index < -0.39 is 0 Å². The highest BCUT2D eigenvalue weighted by molar-refractivity contribution is 5.85. The molecular formula is C12H23ClN2O. The van der Waals surface area contributed by atoms with E-state index in [4.69, 9.17) is 0 Å². The molecule has 2 aliphatic rings. The standard InChI is InChI=1S/C12H22N2O.ClH/c15-12(14-11-3-1-2-4-11)9-10-5-7-13-8-6-10;/h10-11,13H,1-9H2,(H,14,15);1H. The molecule has 2 N–H and O–H groups in total. The molecule has 3 nitrogen and oxygen atoms in total. The molecule has 2 rings (SSSR count). The van der Waals surface area contributed by atoms with E-state index in [2.05, 4.69) is 10.6 Å². The fourth-order valence-electron chi connectivity index (χ4n) is 2.70. The van der Waals surface area contributed by atoms with Crippen LogP contribution in [-0.4, -0.2) is 25.0 Å². The molecule has 4 heteroatoms. The van der Waals surface area contributed by atoms with E-state index in [1.54, 1.807) is 0 Å². The molecule has 0 aromatic carbocycles. The van der Waals surface area contributed by atoms with Crippen LogP contribution in [0.5, 0.6) is 0 Å². The number of hydrogen-bond donors (Lipinski definition) is 2. The summed E-state index contributed by atoms with van der Waals surface area (Å²) in [4.78, 5) is 11.7. The minimum atomic E-state index is 0. The summed E-state index contributed by atoms with van der Waals surface area (Å²) in [6, 6.07) is 0.485. The van der Waals surface area contributed by atoms with Crippen LogP contribution in [0.4, 0.5) is 0 Å². The third-order valence-electron chi connectivity index (χ3n) is 3.65. The number of halogens is 1. The highest BCUT2D eigenvalue weighted by Crippen LogP contribution is 2.19. The van der Waals surface area contributed by atoms with Gasteiger partial charge in [-0.2, -0.15) is 0 Å². The van der Waals surface area contributed by atoms with Crippen molar-refractivity contribution in [2.75, 3.05) is 13.1 Å². The van der Waals surface area contributed by atoms with E-state index in [9.17, 15) is 4.79 Å². The van der Waals surface area contributed by atoms with Crippen molar-refractivity contribution in [2.24, 2.45) is 5.92 Å². The van der Waals surface area contributed by atoms with Gasteiger partial charge in [0.2, 0.25) is 5.91 Å². The van der Waals surface area contributed by atoms with E-state index >= 15 is 0 Å². The molecule has 1 saturated carbocycles. The molecule has 1 saturated heterocycles. The van der Waals surface area contributed by atoms with Crippen molar-refractivity contribution in [1.82, 2.24) is 10.6 Å². The lowest BCUT2D eigenvalue weighted by Crippen LogP contribution is -2.36. The first-order chi connectivity index (χ1) is 7.34. The first kappa shape index (κ1) is 13.8. The molecule has 2 fully saturated rings. The summed E-state index contributed by atoms with van der Waals surface area (Å²) in [7, 11) is 0. The lowest BCUT2D eigenvalue weighted by molar-refractivity contribution is -0.122. The molecule has 1 aliphatic carbocycles. The van der Waals surface area contributed by atoms with Gasteiger partial charge >= 0.3 is 0 Å². The summed E-state index contributed by atoms with van der Waals surface area (Å²) in [6.45, 7) is 2.17. The molecule has 0 unspecified atom stereocenters. The number of amides is 1. The van der Waals surface area contributed by atoms with Crippen molar-refractivity contribution in [3.63, 3.8) is 0 Å². The van der Waals surface area contributed by atoms with Crippen LogP contribution in [0.1, 0.15) is 44.9 Å². The molecule has 0 aromatic rings. The van der Waals surface area contributed by atoms with Crippen LogP contribution in [0.15, 0.2) is 0 Å². The van der Waals surface area contributed by atoms with Crippen LogP contribution in [0, 0.1) is 5.92 Å². The fourth-order valence-corrected chi connectivity index (χ4v) is 2.70. The summed E-state index contributed by atoms with van der Waals surface area (Å²) in [5, 5.41) is 6.50. The minimum absolute atomic E-state index is 0. The molecule has 94 valence electrons. The van der Waals surface area contributed by atoms with Crippen LogP contribution in [-0.2, 0) is 4.79 Å².